The Morgan fingerprint density at radius 3 is 2.77 bits per heavy atom. The molecule has 1 aromatic carbocycles. The summed E-state index contributed by atoms with van der Waals surface area (Å²) in [7, 11) is 0. The number of hydrogen-bond acceptors (Lipinski definition) is 7. The smallest absolute Gasteiger partial charge is 0.246 e. The van der Waals surface area contributed by atoms with Gasteiger partial charge in [-0.3, -0.25) is 4.79 Å². The molecule has 0 bridgehead atoms. The van der Waals surface area contributed by atoms with E-state index in [0.717, 1.165) is 24.2 Å². The van der Waals surface area contributed by atoms with Gasteiger partial charge in [0.15, 0.2) is 10.9 Å². The lowest BCUT2D eigenvalue weighted by Crippen LogP contribution is -2.48. The van der Waals surface area contributed by atoms with Crippen LogP contribution in [0.15, 0.2) is 41.6 Å². The summed E-state index contributed by atoms with van der Waals surface area (Å²) in [5.41, 5.74) is 2.75. The van der Waals surface area contributed by atoms with Crippen molar-refractivity contribution in [2.24, 2.45) is 0 Å². The Hall–Kier alpha value is -2.98. The number of aromatic nitrogens is 3. The van der Waals surface area contributed by atoms with Crippen LogP contribution in [-0.2, 0) is 22.6 Å². The van der Waals surface area contributed by atoms with Crippen molar-refractivity contribution >= 4 is 35.0 Å². The Balaban J connectivity index is 1.26. The summed E-state index contributed by atoms with van der Waals surface area (Å²) in [6.45, 7) is 4.87. The second-order valence-corrected chi connectivity index (χ2v) is 7.91. The summed E-state index contributed by atoms with van der Waals surface area (Å²) in [5.74, 6) is 1.30. The summed E-state index contributed by atoms with van der Waals surface area (Å²) < 4.78 is 7.22. The summed E-state index contributed by atoms with van der Waals surface area (Å²) in [6.07, 6.45) is 0. The van der Waals surface area contributed by atoms with Gasteiger partial charge >= 0.3 is 0 Å². The first-order valence-corrected chi connectivity index (χ1v) is 10.4. The molecule has 0 atom stereocenters. The second-order valence-electron chi connectivity index (χ2n) is 7.52. The zero-order valence-corrected chi connectivity index (χ0v) is 17.3. The molecular weight excluding hydrogens is 402 g/mol. The van der Waals surface area contributed by atoms with E-state index in [1.165, 1.54) is 0 Å². The molecule has 0 unspecified atom stereocenters. The molecule has 3 aliphatic heterocycles. The lowest BCUT2D eigenvalue weighted by Gasteiger charge is -2.34. The van der Waals surface area contributed by atoms with E-state index in [1.807, 2.05) is 39.9 Å². The van der Waals surface area contributed by atoms with E-state index in [-0.39, 0.29) is 12.3 Å². The monoisotopic (exact) mass is 425 g/mol. The third kappa shape index (κ3) is 3.75. The van der Waals surface area contributed by atoms with Gasteiger partial charge in [0, 0.05) is 26.2 Å². The van der Waals surface area contributed by atoms with Crippen molar-refractivity contribution in [3.63, 3.8) is 0 Å². The highest BCUT2D eigenvalue weighted by Crippen LogP contribution is 2.26. The van der Waals surface area contributed by atoms with Gasteiger partial charge in [-0.05, 0) is 23.4 Å². The Morgan fingerprint density at radius 1 is 1.17 bits per heavy atom. The predicted octanol–water partition coefficient (Wildman–Crippen LogP) is 0.754. The molecule has 4 heterocycles. The number of carbonyl (C=O) groups is 1. The number of hydrogen-bond donors (Lipinski definition) is 2. The average Bonchev–Trinajstić information content (AvgIpc) is 3.20. The van der Waals surface area contributed by atoms with Crippen LogP contribution in [0.3, 0.4) is 0 Å². The number of benzene rings is 1. The molecular formula is C20H23N7O2S. The van der Waals surface area contributed by atoms with Crippen LogP contribution in [0.1, 0.15) is 5.56 Å². The summed E-state index contributed by atoms with van der Waals surface area (Å²) in [5, 5.41) is 11.7. The lowest BCUT2D eigenvalue weighted by molar-refractivity contribution is -0.116. The fraction of sp³-hybridized carbons (Fsp3) is 0.400. The van der Waals surface area contributed by atoms with Crippen molar-refractivity contribution in [1.82, 2.24) is 25.0 Å². The van der Waals surface area contributed by atoms with Crippen LogP contribution in [0, 0.1) is 0 Å². The van der Waals surface area contributed by atoms with Gasteiger partial charge in [0.2, 0.25) is 11.9 Å². The van der Waals surface area contributed by atoms with Crippen LogP contribution in [-0.4, -0.2) is 70.0 Å². The first-order chi connectivity index (χ1) is 14.7. The van der Waals surface area contributed by atoms with Crippen LogP contribution in [0.25, 0.3) is 0 Å². The van der Waals surface area contributed by atoms with E-state index >= 15 is 0 Å². The quantitative estimate of drug-likeness (QED) is 0.692. The molecule has 1 aromatic heterocycles. The molecule has 0 radical (unpaired) electrons. The van der Waals surface area contributed by atoms with Crippen molar-refractivity contribution in [2.45, 2.75) is 13.1 Å². The Kier molecular flexibility index (Phi) is 5.09. The highest BCUT2D eigenvalue weighted by molar-refractivity contribution is 7.80. The fourth-order valence-electron chi connectivity index (χ4n) is 3.85. The Morgan fingerprint density at radius 2 is 1.97 bits per heavy atom. The van der Waals surface area contributed by atoms with Crippen LogP contribution in [0.4, 0.5) is 11.9 Å². The molecule has 1 saturated heterocycles. The molecule has 2 N–H and O–H groups in total. The summed E-state index contributed by atoms with van der Waals surface area (Å²) >= 11 is 5.55. The van der Waals surface area contributed by atoms with Gasteiger partial charge in [-0.2, -0.15) is 4.98 Å². The van der Waals surface area contributed by atoms with Crippen molar-refractivity contribution in [2.75, 3.05) is 49.6 Å². The maximum atomic E-state index is 12.8. The minimum atomic E-state index is 0.0160. The minimum Gasteiger partial charge on any atom is -0.378 e. The van der Waals surface area contributed by atoms with Crippen molar-refractivity contribution in [1.29, 1.82) is 0 Å². The van der Waals surface area contributed by atoms with Gasteiger partial charge in [-0.15, -0.1) is 5.10 Å². The third-order valence-electron chi connectivity index (χ3n) is 5.45. The van der Waals surface area contributed by atoms with E-state index in [2.05, 4.69) is 25.6 Å². The highest BCUT2D eigenvalue weighted by Gasteiger charge is 2.32. The van der Waals surface area contributed by atoms with Gasteiger partial charge in [0.05, 0.1) is 32.0 Å². The number of morpholine rings is 1. The van der Waals surface area contributed by atoms with E-state index in [1.54, 1.807) is 0 Å². The SMILES string of the molecule is O=C1CN(C(=S)NCc2ccccc2)CC2=C1Nc1nc(N3CCOCC3)nn1C2. The topological polar surface area (TPSA) is 87.6 Å². The standard InChI is InChI=1S/C20H23N7O2S/c28-16-13-26(20(30)21-10-14-4-2-1-3-5-14)11-15-12-27-18(22-17(15)16)23-19(24-27)25-6-8-29-9-7-25/h1-5H,6-13H2,(H,21,30)(H,22,23,24). The van der Waals surface area contributed by atoms with Crippen molar-refractivity contribution in [3.8, 4) is 0 Å². The number of anilines is 2. The van der Waals surface area contributed by atoms with Gasteiger partial charge < -0.3 is 25.2 Å². The maximum Gasteiger partial charge on any atom is 0.246 e. The number of Topliss-reactive ketones (excluding diaryl/α,β-unsaturated/α-hetero) is 1. The molecule has 1 fully saturated rings. The van der Waals surface area contributed by atoms with Crippen molar-refractivity contribution in [3.05, 3.63) is 47.2 Å². The zero-order valence-electron chi connectivity index (χ0n) is 16.5. The van der Waals surface area contributed by atoms with Gasteiger partial charge in [-0.25, -0.2) is 4.68 Å². The molecule has 0 aliphatic carbocycles. The van der Waals surface area contributed by atoms with Crippen molar-refractivity contribution < 1.29 is 9.53 Å². The van der Waals surface area contributed by atoms with E-state index in [9.17, 15) is 4.79 Å². The number of thiocarbonyl (C=S) groups is 1. The number of ether oxygens (including phenoxy) is 1. The molecule has 9 nitrogen and oxygen atoms in total. The van der Waals surface area contributed by atoms with Crippen LogP contribution in [0.5, 0.6) is 0 Å². The van der Waals surface area contributed by atoms with E-state index in [0.29, 0.717) is 55.6 Å². The van der Waals surface area contributed by atoms with Crippen LogP contribution < -0.4 is 15.5 Å². The Labute approximate surface area is 179 Å². The van der Waals surface area contributed by atoms with Gasteiger partial charge in [0.25, 0.3) is 0 Å². The Bertz CT molecular complexity index is 998. The van der Waals surface area contributed by atoms with Gasteiger partial charge in [0.1, 0.15) is 0 Å². The largest absolute Gasteiger partial charge is 0.378 e. The first-order valence-electron chi connectivity index (χ1n) is 10.0. The highest BCUT2D eigenvalue weighted by atomic mass is 32.1. The maximum absolute atomic E-state index is 12.8. The van der Waals surface area contributed by atoms with Gasteiger partial charge in [-0.1, -0.05) is 30.3 Å². The normalized spacial score (nSPS) is 18.6. The van der Waals surface area contributed by atoms with Crippen LogP contribution >= 0.6 is 12.2 Å². The average molecular weight is 426 g/mol. The van der Waals surface area contributed by atoms with Crippen LogP contribution in [0.2, 0.25) is 0 Å². The molecule has 10 heteroatoms. The zero-order chi connectivity index (χ0) is 20.5. The number of fused-ring (bicyclic) bond motifs is 1. The predicted molar refractivity (Wildman–Crippen MR) is 116 cm³/mol. The number of ketones is 1. The molecule has 0 amide bonds. The molecule has 2 aromatic rings. The molecule has 3 aliphatic rings. The third-order valence-corrected chi connectivity index (χ3v) is 5.86. The fourth-order valence-corrected chi connectivity index (χ4v) is 4.06. The molecule has 30 heavy (non-hydrogen) atoms. The molecule has 0 spiro atoms. The van der Waals surface area contributed by atoms with E-state index in [4.69, 9.17) is 17.0 Å². The molecule has 5 rings (SSSR count). The minimum absolute atomic E-state index is 0.0160. The lowest BCUT2D eigenvalue weighted by atomic mass is 10.0. The number of carbonyl (C=O) groups excluding carboxylic acids is 1. The second kappa shape index (κ2) is 8.04. The number of nitrogens with one attached hydrogen (secondary N) is 2. The van der Waals surface area contributed by atoms with E-state index < -0.39 is 0 Å². The number of nitrogens with zero attached hydrogens (tertiary/aromatic N) is 5. The summed E-state index contributed by atoms with van der Waals surface area (Å²) in [6, 6.07) is 10.1. The molecule has 0 saturated carbocycles. The molecule has 156 valence electrons. The summed E-state index contributed by atoms with van der Waals surface area (Å²) in [4.78, 5) is 21.4. The first kappa shape index (κ1) is 19.0. The number of rotatable bonds is 3.